The van der Waals surface area contributed by atoms with E-state index in [-0.39, 0.29) is 41.0 Å². The van der Waals surface area contributed by atoms with Gasteiger partial charge in [-0.25, -0.2) is 19.2 Å². The Morgan fingerprint density at radius 2 is 1.85 bits per heavy atom. The second kappa shape index (κ2) is 8.03. The summed E-state index contributed by atoms with van der Waals surface area (Å²) in [5.74, 6) is 1.52. The SMILES string of the molecule is O=S1c2c(nc(N3C4CCC3CC(c3ncc(Cl)cn3)C4)nc2NC2(CO)CCC2)CC1(F)F. The fraction of sp³-hybridized carbons (Fsp3) is 0.636. The van der Waals surface area contributed by atoms with Crippen molar-refractivity contribution in [3.63, 3.8) is 0 Å². The molecule has 3 aliphatic heterocycles. The van der Waals surface area contributed by atoms with Gasteiger partial charge in [-0.3, -0.25) is 0 Å². The van der Waals surface area contributed by atoms with Crippen LogP contribution in [0.2, 0.25) is 5.02 Å². The lowest BCUT2D eigenvalue weighted by Gasteiger charge is -2.42. The lowest BCUT2D eigenvalue weighted by molar-refractivity contribution is 0.104. The number of hydrogen-bond donors (Lipinski definition) is 2. The molecule has 2 bridgehead atoms. The van der Waals surface area contributed by atoms with Crippen molar-refractivity contribution in [3.05, 3.63) is 28.9 Å². The highest BCUT2D eigenvalue weighted by molar-refractivity contribution is 7.86. The molecule has 0 amide bonds. The summed E-state index contributed by atoms with van der Waals surface area (Å²) in [6.45, 7) is -0.137. The molecule has 2 aromatic heterocycles. The Hall–Kier alpha value is -1.98. The summed E-state index contributed by atoms with van der Waals surface area (Å²) in [7, 11) is -2.53. The molecule has 4 aliphatic rings. The minimum Gasteiger partial charge on any atom is -0.394 e. The topological polar surface area (TPSA) is 104 Å². The summed E-state index contributed by atoms with van der Waals surface area (Å²) in [6, 6.07) is 0.272. The Bertz CT molecular complexity index is 1130. The molecule has 182 valence electrons. The number of piperidine rings is 1. The summed E-state index contributed by atoms with van der Waals surface area (Å²) in [4.78, 5) is 20.1. The number of nitrogens with one attached hydrogen (secondary N) is 1. The van der Waals surface area contributed by atoms with E-state index in [0.717, 1.165) is 37.9 Å². The van der Waals surface area contributed by atoms with E-state index in [0.29, 0.717) is 23.8 Å². The first kappa shape index (κ1) is 22.5. The summed E-state index contributed by atoms with van der Waals surface area (Å²) < 4.78 is 41.5. The minimum atomic E-state index is -3.38. The van der Waals surface area contributed by atoms with Gasteiger partial charge in [0, 0.05) is 30.4 Å². The van der Waals surface area contributed by atoms with Crippen LogP contribution in [0.25, 0.3) is 0 Å². The molecule has 2 N–H and O–H groups in total. The van der Waals surface area contributed by atoms with Crippen molar-refractivity contribution in [1.29, 1.82) is 0 Å². The van der Waals surface area contributed by atoms with E-state index >= 15 is 0 Å². The van der Waals surface area contributed by atoms with Crippen LogP contribution in [0.4, 0.5) is 20.5 Å². The predicted molar refractivity (Wildman–Crippen MR) is 123 cm³/mol. The van der Waals surface area contributed by atoms with Crippen molar-refractivity contribution < 1.29 is 18.1 Å². The highest BCUT2D eigenvalue weighted by Gasteiger charge is 2.51. The summed E-state index contributed by atoms with van der Waals surface area (Å²) in [5, 5.41) is 10.2. The fourth-order valence-corrected chi connectivity index (χ4v) is 7.10. The van der Waals surface area contributed by atoms with Gasteiger partial charge in [0.2, 0.25) is 5.95 Å². The maximum Gasteiger partial charge on any atom is 0.331 e. The molecule has 3 fully saturated rings. The van der Waals surface area contributed by atoms with Crippen molar-refractivity contribution >= 4 is 34.2 Å². The van der Waals surface area contributed by atoms with Gasteiger partial charge < -0.3 is 15.3 Å². The number of aliphatic hydroxyl groups excluding tert-OH is 1. The first-order valence-corrected chi connectivity index (χ1v) is 13.2. The number of alkyl halides is 2. The number of anilines is 2. The van der Waals surface area contributed by atoms with Crippen LogP contribution in [0.5, 0.6) is 0 Å². The minimum absolute atomic E-state index is 0.0229. The summed E-state index contributed by atoms with van der Waals surface area (Å²) in [5.41, 5.74) is -0.481. The molecule has 0 radical (unpaired) electrons. The molecule has 0 spiro atoms. The number of halogens is 3. The van der Waals surface area contributed by atoms with Crippen molar-refractivity contribution in [2.75, 3.05) is 16.8 Å². The van der Waals surface area contributed by atoms with E-state index in [9.17, 15) is 18.1 Å². The van der Waals surface area contributed by atoms with Gasteiger partial charge in [0.05, 0.1) is 29.3 Å². The maximum atomic E-state index is 14.4. The van der Waals surface area contributed by atoms with E-state index < -0.39 is 28.0 Å². The number of aliphatic hydroxyl groups is 1. The third-order valence-corrected chi connectivity index (χ3v) is 9.40. The highest BCUT2D eigenvalue weighted by Crippen LogP contribution is 2.47. The lowest BCUT2D eigenvalue weighted by atomic mass is 9.77. The van der Waals surface area contributed by atoms with Crippen molar-refractivity contribution in [2.24, 2.45) is 0 Å². The zero-order chi connectivity index (χ0) is 23.7. The molecule has 0 aromatic carbocycles. The van der Waals surface area contributed by atoms with Crippen LogP contribution in [0.1, 0.15) is 62.4 Å². The predicted octanol–water partition coefficient (Wildman–Crippen LogP) is 3.42. The van der Waals surface area contributed by atoms with Gasteiger partial charge in [0.25, 0.3) is 0 Å². The lowest BCUT2D eigenvalue weighted by Crippen LogP contribution is -2.49. The van der Waals surface area contributed by atoms with Crippen molar-refractivity contribution in [2.45, 2.75) is 85.1 Å². The number of hydrogen-bond acceptors (Lipinski definition) is 8. The fourth-order valence-electron chi connectivity index (χ4n) is 5.83. The molecule has 6 rings (SSSR count). The Kier molecular flexibility index (Phi) is 5.31. The normalized spacial score (nSPS) is 30.6. The van der Waals surface area contributed by atoms with Crippen LogP contribution in [0, 0.1) is 0 Å². The largest absolute Gasteiger partial charge is 0.394 e. The quantitative estimate of drug-likeness (QED) is 0.630. The molecule has 2 aromatic rings. The van der Waals surface area contributed by atoms with Gasteiger partial charge in [0.15, 0.2) is 0 Å². The van der Waals surface area contributed by atoms with E-state index in [1.165, 1.54) is 0 Å². The van der Waals surface area contributed by atoms with Gasteiger partial charge >= 0.3 is 5.25 Å². The molecule has 2 saturated heterocycles. The maximum absolute atomic E-state index is 14.4. The van der Waals surface area contributed by atoms with Crippen LogP contribution in [-0.2, 0) is 17.2 Å². The number of aromatic nitrogens is 4. The molecule has 3 atom stereocenters. The highest BCUT2D eigenvalue weighted by atomic mass is 35.5. The van der Waals surface area contributed by atoms with Gasteiger partial charge in [-0.1, -0.05) is 11.6 Å². The molecule has 12 heteroatoms. The second-order valence-electron chi connectivity index (χ2n) is 9.87. The van der Waals surface area contributed by atoms with E-state index in [2.05, 4.69) is 30.2 Å². The van der Waals surface area contributed by atoms with Gasteiger partial charge in [-0.2, -0.15) is 13.8 Å². The zero-order valence-corrected chi connectivity index (χ0v) is 20.0. The van der Waals surface area contributed by atoms with Crippen LogP contribution in [0.3, 0.4) is 0 Å². The second-order valence-corrected chi connectivity index (χ2v) is 11.8. The van der Waals surface area contributed by atoms with Crippen LogP contribution >= 0.6 is 11.6 Å². The average Bonchev–Trinajstić information content (AvgIpc) is 3.18. The van der Waals surface area contributed by atoms with Crippen LogP contribution in [-0.4, -0.2) is 58.7 Å². The van der Waals surface area contributed by atoms with Crippen molar-refractivity contribution in [3.8, 4) is 0 Å². The first-order valence-electron chi connectivity index (χ1n) is 11.6. The average molecular weight is 511 g/mol. The molecule has 3 unspecified atom stereocenters. The monoisotopic (exact) mass is 510 g/mol. The Morgan fingerprint density at radius 3 is 2.44 bits per heavy atom. The molecule has 1 aliphatic carbocycles. The van der Waals surface area contributed by atoms with Gasteiger partial charge in [-0.05, 0) is 44.9 Å². The van der Waals surface area contributed by atoms with E-state index in [1.807, 2.05) is 0 Å². The molecular weight excluding hydrogens is 486 g/mol. The molecule has 5 heterocycles. The van der Waals surface area contributed by atoms with E-state index in [4.69, 9.17) is 11.6 Å². The van der Waals surface area contributed by atoms with Gasteiger partial charge in [0.1, 0.15) is 27.3 Å². The third-order valence-electron chi connectivity index (χ3n) is 7.72. The smallest absolute Gasteiger partial charge is 0.331 e. The van der Waals surface area contributed by atoms with Gasteiger partial charge in [-0.15, -0.1) is 0 Å². The first-order chi connectivity index (χ1) is 16.3. The molecule has 1 saturated carbocycles. The molecule has 34 heavy (non-hydrogen) atoms. The summed E-state index contributed by atoms with van der Waals surface area (Å²) >= 11 is 5.94. The van der Waals surface area contributed by atoms with Crippen LogP contribution < -0.4 is 10.2 Å². The van der Waals surface area contributed by atoms with Crippen LogP contribution in [0.15, 0.2) is 17.3 Å². The number of nitrogens with zero attached hydrogens (tertiary/aromatic N) is 5. The molecule has 8 nitrogen and oxygen atoms in total. The Labute approximate surface area is 203 Å². The standard InChI is InChI=1S/C22H25ClF2N6O2S/c23-13-9-26-18(27-10-13)12-6-14-2-3-15(7-12)31(14)20-28-16-8-22(24,25)34(33)17(16)19(29-20)30-21(11-32)4-1-5-21/h9-10,12,14-15,32H,1-8,11H2,(H,28,29,30). The number of fused-ring (bicyclic) bond motifs is 3. The number of rotatable bonds is 5. The third kappa shape index (κ3) is 3.58. The van der Waals surface area contributed by atoms with E-state index in [1.54, 1.807) is 12.4 Å². The summed E-state index contributed by atoms with van der Waals surface area (Å²) in [6.07, 6.45) is 8.40. The molecular formula is C22H25ClF2N6O2S. The zero-order valence-electron chi connectivity index (χ0n) is 18.4. The Balaban J connectivity index is 1.34. The van der Waals surface area contributed by atoms with Crippen molar-refractivity contribution in [1.82, 2.24) is 19.9 Å². The Morgan fingerprint density at radius 1 is 1.18 bits per heavy atom.